The number of ketones is 1. The third kappa shape index (κ3) is 2.88. The van der Waals surface area contributed by atoms with Gasteiger partial charge >= 0.3 is 10.2 Å². The summed E-state index contributed by atoms with van der Waals surface area (Å²) in [5.74, 6) is -0.0247. The van der Waals surface area contributed by atoms with Crippen molar-refractivity contribution in [1.82, 2.24) is 5.32 Å². The highest BCUT2D eigenvalue weighted by Crippen LogP contribution is 2.44. The Morgan fingerprint density at radius 2 is 1.62 bits per heavy atom. The van der Waals surface area contributed by atoms with Gasteiger partial charge in [-0.3, -0.25) is 9.10 Å². The molecule has 3 rings (SSSR count). The van der Waals surface area contributed by atoms with E-state index in [1.807, 2.05) is 6.07 Å². The predicted octanol–water partition coefficient (Wildman–Crippen LogP) is 2.07. The normalized spacial score (nSPS) is 15.4. The third-order valence-corrected chi connectivity index (χ3v) is 5.64. The van der Waals surface area contributed by atoms with Crippen molar-refractivity contribution in [3.05, 3.63) is 54.6 Å². The molecule has 0 saturated carbocycles. The Labute approximate surface area is 141 Å². The number of nitrogens with one attached hydrogen (secondary N) is 1. The highest BCUT2D eigenvalue weighted by Gasteiger charge is 2.40. The zero-order valence-corrected chi connectivity index (χ0v) is 14.2. The number of likely N-dealkylation sites (N-methyl/N-ethyl adjacent to an activating group) is 1. The monoisotopic (exact) mass is 345 g/mol. The van der Waals surface area contributed by atoms with Crippen LogP contribution in [0.5, 0.6) is 0 Å². The molecule has 0 aliphatic carbocycles. The van der Waals surface area contributed by atoms with Crippen molar-refractivity contribution in [2.24, 2.45) is 0 Å². The standard InChI is InChI=1S/C17H19N3O3S/c1-18-13-15(21)11-12-19-16-9-5-6-10-17(16)20(24(19,22)23)14-7-3-2-4-8-14/h2-10,18H,11-13H2,1H3. The largest absolute Gasteiger partial charge is 0.330 e. The third-order valence-electron chi connectivity index (χ3n) is 3.84. The lowest BCUT2D eigenvalue weighted by Crippen LogP contribution is -2.37. The molecule has 0 bridgehead atoms. The van der Waals surface area contributed by atoms with E-state index in [9.17, 15) is 13.2 Å². The van der Waals surface area contributed by atoms with Crippen LogP contribution in [0, 0.1) is 0 Å². The number of carbonyl (C=O) groups is 1. The second-order valence-electron chi connectivity index (χ2n) is 5.49. The number of carbonyl (C=O) groups excluding carboxylic acids is 1. The van der Waals surface area contributed by atoms with Crippen molar-refractivity contribution in [2.45, 2.75) is 6.42 Å². The van der Waals surface area contributed by atoms with E-state index in [0.717, 1.165) is 0 Å². The van der Waals surface area contributed by atoms with Gasteiger partial charge in [-0.15, -0.1) is 0 Å². The number of benzene rings is 2. The molecule has 0 atom stereocenters. The van der Waals surface area contributed by atoms with Crippen LogP contribution in [0.2, 0.25) is 0 Å². The summed E-state index contributed by atoms with van der Waals surface area (Å²) >= 11 is 0. The van der Waals surface area contributed by atoms with Gasteiger partial charge in [0.05, 0.1) is 23.6 Å². The summed E-state index contributed by atoms with van der Waals surface area (Å²) in [6.07, 6.45) is 0.164. The molecule has 1 aliphatic rings. The molecule has 1 N–H and O–H groups in total. The van der Waals surface area contributed by atoms with Gasteiger partial charge in [0.1, 0.15) is 5.78 Å². The molecule has 7 heteroatoms. The average Bonchev–Trinajstić information content (AvgIpc) is 2.80. The number of para-hydroxylation sites is 3. The summed E-state index contributed by atoms with van der Waals surface area (Å²) in [5.41, 5.74) is 1.78. The summed E-state index contributed by atoms with van der Waals surface area (Å²) in [7, 11) is -2.07. The fourth-order valence-electron chi connectivity index (χ4n) is 2.78. The maximum absolute atomic E-state index is 13.0. The molecule has 0 fully saturated rings. The van der Waals surface area contributed by atoms with Gasteiger partial charge in [0.15, 0.2) is 0 Å². The lowest BCUT2D eigenvalue weighted by molar-refractivity contribution is -0.117. The molecule has 0 amide bonds. The van der Waals surface area contributed by atoms with Crippen molar-refractivity contribution in [3.63, 3.8) is 0 Å². The molecule has 1 aliphatic heterocycles. The Hall–Kier alpha value is -2.38. The number of hydrogen-bond donors (Lipinski definition) is 1. The molecule has 0 spiro atoms. The van der Waals surface area contributed by atoms with Crippen molar-refractivity contribution in [1.29, 1.82) is 0 Å². The molecule has 1 heterocycles. The summed E-state index contributed by atoms with van der Waals surface area (Å²) in [4.78, 5) is 11.8. The van der Waals surface area contributed by atoms with E-state index in [2.05, 4.69) is 5.32 Å². The van der Waals surface area contributed by atoms with Crippen LogP contribution >= 0.6 is 0 Å². The zero-order chi connectivity index (χ0) is 17.2. The summed E-state index contributed by atoms with van der Waals surface area (Å²) in [5, 5.41) is 2.79. The minimum absolute atomic E-state index is 0.0247. The first-order valence-corrected chi connectivity index (χ1v) is 9.09. The van der Waals surface area contributed by atoms with Crippen molar-refractivity contribution < 1.29 is 13.2 Å². The Kier molecular flexibility index (Phi) is 4.55. The number of nitrogens with zero attached hydrogens (tertiary/aromatic N) is 2. The molecule has 126 valence electrons. The fraction of sp³-hybridized carbons (Fsp3) is 0.235. The lowest BCUT2D eigenvalue weighted by Gasteiger charge is -2.21. The Balaban J connectivity index is 1.98. The first-order chi connectivity index (χ1) is 11.6. The highest BCUT2D eigenvalue weighted by atomic mass is 32.2. The van der Waals surface area contributed by atoms with Crippen LogP contribution in [-0.4, -0.2) is 34.3 Å². The van der Waals surface area contributed by atoms with E-state index in [4.69, 9.17) is 0 Å². The molecule has 0 aromatic heterocycles. The van der Waals surface area contributed by atoms with E-state index < -0.39 is 10.2 Å². The molecule has 2 aromatic rings. The van der Waals surface area contributed by atoms with Crippen LogP contribution in [0.1, 0.15) is 6.42 Å². The Bertz CT molecular complexity index is 837. The number of rotatable bonds is 6. The van der Waals surface area contributed by atoms with Crippen molar-refractivity contribution >= 4 is 33.1 Å². The first kappa shape index (κ1) is 16.5. The van der Waals surface area contributed by atoms with Crippen molar-refractivity contribution in [2.75, 3.05) is 28.7 Å². The van der Waals surface area contributed by atoms with E-state index in [0.29, 0.717) is 17.1 Å². The zero-order valence-electron chi connectivity index (χ0n) is 13.3. The predicted molar refractivity (Wildman–Crippen MR) is 94.8 cm³/mol. The Morgan fingerprint density at radius 1 is 1.00 bits per heavy atom. The van der Waals surface area contributed by atoms with Crippen LogP contribution in [0.3, 0.4) is 0 Å². The number of anilines is 3. The average molecular weight is 345 g/mol. The smallest absolute Gasteiger partial charge is 0.313 e. The SMILES string of the molecule is CNCC(=O)CCN1c2ccccc2N(c2ccccc2)S1(=O)=O. The summed E-state index contributed by atoms with van der Waals surface area (Å²) in [6.45, 7) is 0.362. The maximum Gasteiger partial charge on any atom is 0.330 e. The van der Waals surface area contributed by atoms with Gasteiger partial charge in [-0.2, -0.15) is 8.42 Å². The molecular formula is C17H19N3O3S. The molecule has 2 aromatic carbocycles. The van der Waals surface area contributed by atoms with Crippen LogP contribution in [-0.2, 0) is 15.0 Å². The molecule has 0 saturated heterocycles. The minimum atomic E-state index is -3.76. The van der Waals surface area contributed by atoms with Crippen LogP contribution in [0.25, 0.3) is 0 Å². The lowest BCUT2D eigenvalue weighted by atomic mass is 10.2. The van der Waals surface area contributed by atoms with E-state index in [-0.39, 0.29) is 25.3 Å². The first-order valence-electron chi connectivity index (χ1n) is 7.69. The van der Waals surface area contributed by atoms with Gasteiger partial charge in [0, 0.05) is 13.0 Å². The number of hydrogen-bond acceptors (Lipinski definition) is 4. The Morgan fingerprint density at radius 3 is 2.29 bits per heavy atom. The number of Topliss-reactive ketones (excluding diaryl/α,β-unsaturated/α-hetero) is 1. The number of fused-ring (bicyclic) bond motifs is 1. The van der Waals surface area contributed by atoms with Crippen LogP contribution in [0.4, 0.5) is 17.1 Å². The molecule has 6 nitrogen and oxygen atoms in total. The van der Waals surface area contributed by atoms with Gasteiger partial charge in [0.2, 0.25) is 0 Å². The van der Waals surface area contributed by atoms with Gasteiger partial charge in [-0.25, -0.2) is 4.31 Å². The maximum atomic E-state index is 13.0. The second kappa shape index (κ2) is 6.62. The summed E-state index contributed by atoms with van der Waals surface area (Å²) in [6, 6.07) is 16.1. The molecule has 24 heavy (non-hydrogen) atoms. The van der Waals surface area contributed by atoms with E-state index in [1.165, 1.54) is 8.61 Å². The summed E-state index contributed by atoms with van der Waals surface area (Å²) < 4.78 is 28.7. The van der Waals surface area contributed by atoms with Crippen LogP contribution in [0.15, 0.2) is 54.6 Å². The molecule has 0 radical (unpaired) electrons. The van der Waals surface area contributed by atoms with Gasteiger partial charge < -0.3 is 5.32 Å². The highest BCUT2D eigenvalue weighted by molar-refractivity contribution is 7.95. The minimum Gasteiger partial charge on any atom is -0.313 e. The van der Waals surface area contributed by atoms with Crippen molar-refractivity contribution in [3.8, 4) is 0 Å². The topological polar surface area (TPSA) is 69.7 Å². The van der Waals surface area contributed by atoms with E-state index in [1.54, 1.807) is 55.6 Å². The van der Waals surface area contributed by atoms with Gasteiger partial charge in [0.25, 0.3) is 0 Å². The quantitative estimate of drug-likeness (QED) is 0.870. The fourth-order valence-corrected chi connectivity index (χ4v) is 4.49. The van der Waals surface area contributed by atoms with Crippen LogP contribution < -0.4 is 13.9 Å². The van der Waals surface area contributed by atoms with Gasteiger partial charge in [-0.05, 0) is 31.3 Å². The molecule has 0 unspecified atom stereocenters. The second-order valence-corrected chi connectivity index (χ2v) is 7.19. The van der Waals surface area contributed by atoms with E-state index >= 15 is 0 Å². The van der Waals surface area contributed by atoms with Gasteiger partial charge in [-0.1, -0.05) is 30.3 Å². The molecular weight excluding hydrogens is 326 g/mol.